The summed E-state index contributed by atoms with van der Waals surface area (Å²) in [7, 11) is 2.00. The third kappa shape index (κ3) is 2.22. The second-order valence-corrected chi connectivity index (χ2v) is 4.38. The lowest BCUT2D eigenvalue weighted by molar-refractivity contribution is 0.321. The van der Waals surface area contributed by atoms with Gasteiger partial charge in [0.25, 0.3) is 0 Å². The van der Waals surface area contributed by atoms with Gasteiger partial charge in [0.2, 0.25) is 0 Å². The number of nitrogens with zero attached hydrogens (tertiary/aromatic N) is 1. The van der Waals surface area contributed by atoms with E-state index in [2.05, 4.69) is 4.90 Å². The predicted molar refractivity (Wildman–Crippen MR) is 61.4 cm³/mol. The van der Waals surface area contributed by atoms with Gasteiger partial charge in [-0.2, -0.15) is 0 Å². The summed E-state index contributed by atoms with van der Waals surface area (Å²) in [5, 5.41) is 0. The maximum Gasteiger partial charge on any atom is 0.148 e. The van der Waals surface area contributed by atoms with Gasteiger partial charge in [0.1, 0.15) is 5.82 Å². The zero-order chi connectivity index (χ0) is 10.8. The summed E-state index contributed by atoms with van der Waals surface area (Å²) in [6.07, 6.45) is 3.96. The normalized spacial score (nSPS) is 16.1. The summed E-state index contributed by atoms with van der Waals surface area (Å²) >= 11 is 0. The molecule has 0 saturated heterocycles. The lowest BCUT2D eigenvalue weighted by atomic mass is 9.85. The first kappa shape index (κ1) is 10.3. The summed E-state index contributed by atoms with van der Waals surface area (Å²) in [6.45, 7) is 1.02. The van der Waals surface area contributed by atoms with E-state index in [1.165, 1.54) is 25.3 Å². The molecule has 3 heteroatoms. The summed E-state index contributed by atoms with van der Waals surface area (Å²) in [5.41, 5.74) is 6.56. The average molecular weight is 208 g/mol. The van der Waals surface area contributed by atoms with E-state index in [1.54, 1.807) is 6.07 Å². The SMILES string of the molecule is CN(CC1CCC1)c1ccc(N)c(F)c1. The van der Waals surface area contributed by atoms with Gasteiger partial charge < -0.3 is 10.6 Å². The van der Waals surface area contributed by atoms with Crippen molar-refractivity contribution in [2.24, 2.45) is 5.92 Å². The Labute approximate surface area is 89.9 Å². The minimum atomic E-state index is -0.326. The molecular weight excluding hydrogens is 191 g/mol. The van der Waals surface area contributed by atoms with Crippen molar-refractivity contribution < 1.29 is 4.39 Å². The fourth-order valence-electron chi connectivity index (χ4n) is 1.92. The van der Waals surface area contributed by atoms with Gasteiger partial charge in [-0.3, -0.25) is 0 Å². The lowest BCUT2D eigenvalue weighted by Gasteiger charge is -2.31. The average Bonchev–Trinajstić information content (AvgIpc) is 2.15. The Morgan fingerprint density at radius 3 is 2.73 bits per heavy atom. The number of anilines is 2. The molecule has 1 aliphatic rings. The molecule has 2 nitrogen and oxygen atoms in total. The first-order valence-corrected chi connectivity index (χ1v) is 5.43. The zero-order valence-corrected chi connectivity index (χ0v) is 9.04. The molecule has 0 spiro atoms. The van der Waals surface area contributed by atoms with Crippen LogP contribution in [0, 0.1) is 11.7 Å². The third-order valence-corrected chi connectivity index (χ3v) is 3.18. The zero-order valence-electron chi connectivity index (χ0n) is 9.04. The highest BCUT2D eigenvalue weighted by Gasteiger charge is 2.19. The van der Waals surface area contributed by atoms with Crippen LogP contribution >= 0.6 is 0 Å². The van der Waals surface area contributed by atoms with Gasteiger partial charge in [0.05, 0.1) is 5.69 Å². The van der Waals surface area contributed by atoms with Crippen molar-refractivity contribution >= 4 is 11.4 Å². The van der Waals surface area contributed by atoms with Crippen molar-refractivity contribution in [2.45, 2.75) is 19.3 Å². The number of halogens is 1. The molecule has 2 rings (SSSR count). The highest BCUT2D eigenvalue weighted by Crippen LogP contribution is 2.28. The lowest BCUT2D eigenvalue weighted by Crippen LogP contribution is -2.29. The van der Waals surface area contributed by atoms with E-state index in [1.807, 2.05) is 13.1 Å². The second kappa shape index (κ2) is 4.09. The van der Waals surface area contributed by atoms with Crippen LogP contribution in [0.3, 0.4) is 0 Å². The number of rotatable bonds is 3. The van der Waals surface area contributed by atoms with Crippen LogP contribution in [0.4, 0.5) is 15.8 Å². The summed E-state index contributed by atoms with van der Waals surface area (Å²) in [5.74, 6) is 0.462. The first-order valence-electron chi connectivity index (χ1n) is 5.43. The number of hydrogen-bond acceptors (Lipinski definition) is 2. The van der Waals surface area contributed by atoms with Gasteiger partial charge in [-0.05, 0) is 37.0 Å². The highest BCUT2D eigenvalue weighted by molar-refractivity contribution is 5.53. The molecule has 0 heterocycles. The van der Waals surface area contributed by atoms with Crippen molar-refractivity contribution in [1.82, 2.24) is 0 Å². The van der Waals surface area contributed by atoms with E-state index in [0.717, 1.165) is 18.2 Å². The largest absolute Gasteiger partial charge is 0.396 e. The number of nitrogen functional groups attached to an aromatic ring is 1. The van der Waals surface area contributed by atoms with Crippen molar-refractivity contribution in [3.05, 3.63) is 24.0 Å². The molecule has 0 bridgehead atoms. The van der Waals surface area contributed by atoms with E-state index in [0.29, 0.717) is 0 Å². The van der Waals surface area contributed by atoms with Crippen molar-refractivity contribution in [2.75, 3.05) is 24.2 Å². The molecule has 0 aliphatic heterocycles. The quantitative estimate of drug-likeness (QED) is 0.774. The monoisotopic (exact) mass is 208 g/mol. The molecule has 2 N–H and O–H groups in total. The van der Waals surface area contributed by atoms with Gasteiger partial charge >= 0.3 is 0 Å². The number of nitrogens with two attached hydrogens (primary N) is 1. The molecule has 0 atom stereocenters. The van der Waals surface area contributed by atoms with Crippen molar-refractivity contribution in [3.8, 4) is 0 Å². The molecule has 0 unspecified atom stereocenters. The second-order valence-electron chi connectivity index (χ2n) is 4.38. The molecular formula is C12H17FN2. The minimum absolute atomic E-state index is 0.218. The molecule has 0 aromatic heterocycles. The minimum Gasteiger partial charge on any atom is -0.396 e. The number of hydrogen-bond donors (Lipinski definition) is 1. The Kier molecular flexibility index (Phi) is 2.80. The maximum absolute atomic E-state index is 13.2. The van der Waals surface area contributed by atoms with Crippen LogP contribution in [-0.4, -0.2) is 13.6 Å². The highest BCUT2D eigenvalue weighted by atomic mass is 19.1. The van der Waals surface area contributed by atoms with E-state index < -0.39 is 0 Å². The Hall–Kier alpha value is -1.25. The van der Waals surface area contributed by atoms with Crippen LogP contribution in [0.1, 0.15) is 19.3 Å². The smallest absolute Gasteiger partial charge is 0.148 e. The Balaban J connectivity index is 2.03. The molecule has 15 heavy (non-hydrogen) atoms. The van der Waals surface area contributed by atoms with Crippen molar-refractivity contribution in [1.29, 1.82) is 0 Å². The van der Waals surface area contributed by atoms with Gasteiger partial charge in [-0.1, -0.05) is 6.42 Å². The first-order chi connectivity index (χ1) is 7.16. The van der Waals surface area contributed by atoms with E-state index in [4.69, 9.17) is 5.73 Å². The molecule has 1 aromatic rings. The predicted octanol–water partition coefficient (Wildman–Crippen LogP) is 2.64. The van der Waals surface area contributed by atoms with Gasteiger partial charge in [0.15, 0.2) is 0 Å². The fourth-order valence-corrected chi connectivity index (χ4v) is 1.92. The molecule has 1 fully saturated rings. The van der Waals surface area contributed by atoms with Crippen LogP contribution in [0.25, 0.3) is 0 Å². The maximum atomic E-state index is 13.2. The van der Waals surface area contributed by atoms with Crippen LogP contribution < -0.4 is 10.6 Å². The molecule has 1 aromatic carbocycles. The van der Waals surface area contributed by atoms with Gasteiger partial charge in [-0.15, -0.1) is 0 Å². The molecule has 1 saturated carbocycles. The fraction of sp³-hybridized carbons (Fsp3) is 0.500. The van der Waals surface area contributed by atoms with Crippen LogP contribution in [-0.2, 0) is 0 Å². The molecule has 0 amide bonds. The van der Waals surface area contributed by atoms with Crippen molar-refractivity contribution in [3.63, 3.8) is 0 Å². The van der Waals surface area contributed by atoms with E-state index in [-0.39, 0.29) is 11.5 Å². The Morgan fingerprint density at radius 2 is 2.20 bits per heavy atom. The molecule has 0 radical (unpaired) electrons. The van der Waals surface area contributed by atoms with Crippen LogP contribution in [0.5, 0.6) is 0 Å². The topological polar surface area (TPSA) is 29.3 Å². The summed E-state index contributed by atoms with van der Waals surface area (Å²) < 4.78 is 13.2. The van der Waals surface area contributed by atoms with Crippen LogP contribution in [0.2, 0.25) is 0 Å². The van der Waals surface area contributed by atoms with E-state index >= 15 is 0 Å². The van der Waals surface area contributed by atoms with Gasteiger partial charge in [0, 0.05) is 19.3 Å². The van der Waals surface area contributed by atoms with Crippen LogP contribution in [0.15, 0.2) is 18.2 Å². The molecule has 82 valence electrons. The van der Waals surface area contributed by atoms with Gasteiger partial charge in [-0.25, -0.2) is 4.39 Å². The Morgan fingerprint density at radius 1 is 1.47 bits per heavy atom. The standard InChI is InChI=1S/C12H17FN2/c1-15(8-9-3-2-4-9)10-5-6-12(14)11(13)7-10/h5-7,9H,2-4,8,14H2,1H3. The Bertz CT molecular complexity index is 347. The summed E-state index contributed by atoms with van der Waals surface area (Å²) in [4.78, 5) is 2.10. The number of benzene rings is 1. The molecule has 1 aliphatic carbocycles. The summed E-state index contributed by atoms with van der Waals surface area (Å²) in [6, 6.07) is 5.01. The third-order valence-electron chi connectivity index (χ3n) is 3.18. The van der Waals surface area contributed by atoms with E-state index in [9.17, 15) is 4.39 Å².